The molecule has 0 fully saturated rings. The van der Waals surface area contributed by atoms with Gasteiger partial charge in [-0.2, -0.15) is 0 Å². The summed E-state index contributed by atoms with van der Waals surface area (Å²) in [6.07, 6.45) is 0. The molecule has 4 heteroatoms. The second-order valence-electron chi connectivity index (χ2n) is 4.60. The number of nitrogens with one attached hydrogen (secondary N) is 1. The van der Waals surface area contributed by atoms with Crippen LogP contribution in [0.3, 0.4) is 0 Å². The maximum Gasteiger partial charge on any atom is 0.138 e. The Balaban J connectivity index is 2.49. The van der Waals surface area contributed by atoms with Crippen LogP contribution in [0.4, 0.5) is 0 Å². The van der Waals surface area contributed by atoms with Crippen LogP contribution in [0.1, 0.15) is 18.5 Å². The van der Waals surface area contributed by atoms with Crippen molar-refractivity contribution < 1.29 is 4.74 Å². The molecular weight excluding hydrogens is 293 g/mol. The van der Waals surface area contributed by atoms with Crippen molar-refractivity contribution in [3.8, 4) is 16.9 Å². The Morgan fingerprint density at radius 3 is 2.50 bits per heavy atom. The molecule has 20 heavy (non-hydrogen) atoms. The lowest BCUT2D eigenvalue weighted by atomic mass is 10.00. The average molecular weight is 310 g/mol. The van der Waals surface area contributed by atoms with Crippen LogP contribution in [0.15, 0.2) is 36.4 Å². The zero-order valence-electron chi connectivity index (χ0n) is 11.7. The third-order valence-corrected chi connectivity index (χ3v) is 3.98. The monoisotopic (exact) mass is 309 g/mol. The molecule has 2 aromatic carbocycles. The van der Waals surface area contributed by atoms with E-state index in [1.165, 1.54) is 5.56 Å². The van der Waals surface area contributed by atoms with Crippen molar-refractivity contribution in [1.82, 2.24) is 5.32 Å². The molecule has 0 aliphatic rings. The minimum atomic E-state index is 0.280. The van der Waals surface area contributed by atoms with Crippen molar-refractivity contribution in [3.05, 3.63) is 52.0 Å². The first-order valence-electron chi connectivity index (χ1n) is 6.37. The van der Waals surface area contributed by atoms with Gasteiger partial charge in [-0.05, 0) is 37.2 Å². The topological polar surface area (TPSA) is 21.3 Å². The van der Waals surface area contributed by atoms with Crippen LogP contribution >= 0.6 is 23.2 Å². The second kappa shape index (κ2) is 6.49. The van der Waals surface area contributed by atoms with Crippen molar-refractivity contribution in [2.45, 2.75) is 13.0 Å². The minimum Gasteiger partial charge on any atom is -0.495 e. The van der Waals surface area contributed by atoms with Crippen LogP contribution in [0, 0.1) is 0 Å². The van der Waals surface area contributed by atoms with Crippen LogP contribution < -0.4 is 10.1 Å². The Bertz CT molecular complexity index is 613. The van der Waals surface area contributed by atoms with Gasteiger partial charge in [0, 0.05) is 17.7 Å². The fraction of sp³-hybridized carbons (Fsp3) is 0.250. The molecule has 1 atom stereocenters. The van der Waals surface area contributed by atoms with Gasteiger partial charge in [-0.25, -0.2) is 0 Å². The highest BCUT2D eigenvalue weighted by Crippen LogP contribution is 2.37. The van der Waals surface area contributed by atoms with Crippen molar-refractivity contribution in [2.75, 3.05) is 14.2 Å². The molecule has 2 nitrogen and oxygen atoms in total. The lowest BCUT2D eigenvalue weighted by molar-refractivity contribution is 0.415. The molecule has 0 amide bonds. The molecule has 1 unspecified atom stereocenters. The summed E-state index contributed by atoms with van der Waals surface area (Å²) >= 11 is 12.5. The summed E-state index contributed by atoms with van der Waals surface area (Å²) in [6, 6.07) is 12.1. The van der Waals surface area contributed by atoms with E-state index in [-0.39, 0.29) is 6.04 Å². The molecule has 106 valence electrons. The largest absolute Gasteiger partial charge is 0.495 e. The van der Waals surface area contributed by atoms with Gasteiger partial charge >= 0.3 is 0 Å². The SMILES string of the molecule is CNC(C)c1cccc(-c2cc(Cl)c(OC)cc2Cl)c1. The summed E-state index contributed by atoms with van der Waals surface area (Å²) in [5.74, 6) is 0.583. The van der Waals surface area contributed by atoms with E-state index in [4.69, 9.17) is 27.9 Å². The number of methoxy groups -OCH3 is 1. The molecule has 0 bridgehead atoms. The van der Waals surface area contributed by atoms with Crippen molar-refractivity contribution in [3.63, 3.8) is 0 Å². The summed E-state index contributed by atoms with van der Waals surface area (Å²) < 4.78 is 5.17. The first-order valence-corrected chi connectivity index (χ1v) is 7.13. The van der Waals surface area contributed by atoms with Crippen molar-refractivity contribution >= 4 is 23.2 Å². The fourth-order valence-electron chi connectivity index (χ4n) is 2.05. The Labute approximate surface area is 129 Å². The van der Waals surface area contributed by atoms with Gasteiger partial charge in [0.15, 0.2) is 0 Å². The molecule has 0 aliphatic heterocycles. The molecule has 0 spiro atoms. The number of ether oxygens (including phenoxy) is 1. The summed E-state index contributed by atoms with van der Waals surface area (Å²) in [4.78, 5) is 0. The molecule has 2 aromatic rings. The minimum absolute atomic E-state index is 0.280. The first kappa shape index (κ1) is 15.2. The van der Waals surface area contributed by atoms with Gasteiger partial charge in [-0.3, -0.25) is 0 Å². The highest BCUT2D eigenvalue weighted by Gasteiger charge is 2.11. The molecule has 0 aliphatic carbocycles. The number of benzene rings is 2. The third kappa shape index (κ3) is 3.09. The van der Waals surface area contributed by atoms with Gasteiger partial charge in [-0.1, -0.05) is 41.4 Å². The Kier molecular flexibility index (Phi) is 4.92. The molecular formula is C16H17Cl2NO. The third-order valence-electron chi connectivity index (χ3n) is 3.37. The van der Waals surface area contributed by atoms with E-state index in [1.54, 1.807) is 13.2 Å². The zero-order valence-corrected chi connectivity index (χ0v) is 13.2. The summed E-state index contributed by atoms with van der Waals surface area (Å²) in [7, 11) is 3.51. The van der Waals surface area contributed by atoms with Crippen LogP contribution in [0.5, 0.6) is 5.75 Å². The van der Waals surface area contributed by atoms with Crippen LogP contribution in [-0.2, 0) is 0 Å². The smallest absolute Gasteiger partial charge is 0.138 e. The normalized spacial score (nSPS) is 12.2. The molecule has 0 saturated carbocycles. The first-order chi connectivity index (χ1) is 9.56. The van der Waals surface area contributed by atoms with E-state index >= 15 is 0 Å². The molecule has 0 radical (unpaired) electrons. The fourth-order valence-corrected chi connectivity index (χ4v) is 2.55. The van der Waals surface area contributed by atoms with Crippen LogP contribution in [0.25, 0.3) is 11.1 Å². The van der Waals surface area contributed by atoms with Crippen molar-refractivity contribution in [2.24, 2.45) is 0 Å². The lowest BCUT2D eigenvalue weighted by Gasteiger charge is -2.14. The zero-order chi connectivity index (χ0) is 14.7. The quantitative estimate of drug-likeness (QED) is 0.863. The van der Waals surface area contributed by atoms with E-state index in [1.807, 2.05) is 25.2 Å². The molecule has 0 heterocycles. The summed E-state index contributed by atoms with van der Waals surface area (Å²) in [5.41, 5.74) is 3.15. The Morgan fingerprint density at radius 1 is 1.10 bits per heavy atom. The van der Waals surface area contributed by atoms with Gasteiger partial charge in [0.25, 0.3) is 0 Å². The molecule has 1 N–H and O–H groups in total. The van der Waals surface area contributed by atoms with E-state index < -0.39 is 0 Å². The number of hydrogen-bond acceptors (Lipinski definition) is 2. The van der Waals surface area contributed by atoms with E-state index in [0.29, 0.717) is 15.8 Å². The average Bonchev–Trinajstić information content (AvgIpc) is 2.48. The number of rotatable bonds is 4. The van der Waals surface area contributed by atoms with Crippen LogP contribution in [-0.4, -0.2) is 14.2 Å². The van der Waals surface area contributed by atoms with E-state index in [9.17, 15) is 0 Å². The summed E-state index contributed by atoms with van der Waals surface area (Å²) in [6.45, 7) is 2.11. The number of hydrogen-bond donors (Lipinski definition) is 1. The van der Waals surface area contributed by atoms with Gasteiger partial charge < -0.3 is 10.1 Å². The van der Waals surface area contributed by atoms with E-state index in [0.717, 1.165) is 11.1 Å². The standard InChI is InChI=1S/C16H17Cl2NO/c1-10(19-2)11-5-4-6-12(7-11)13-8-15(18)16(20-3)9-14(13)17/h4-10,19H,1-3H3. The Morgan fingerprint density at radius 2 is 1.85 bits per heavy atom. The lowest BCUT2D eigenvalue weighted by Crippen LogP contribution is -2.12. The Hall–Kier alpha value is -1.22. The predicted molar refractivity (Wildman–Crippen MR) is 85.9 cm³/mol. The maximum atomic E-state index is 6.33. The second-order valence-corrected chi connectivity index (χ2v) is 5.42. The van der Waals surface area contributed by atoms with Gasteiger partial charge in [0.05, 0.1) is 17.2 Å². The maximum absolute atomic E-state index is 6.33. The van der Waals surface area contributed by atoms with E-state index in [2.05, 4.69) is 24.4 Å². The van der Waals surface area contributed by atoms with Gasteiger partial charge in [0.2, 0.25) is 0 Å². The van der Waals surface area contributed by atoms with Crippen LogP contribution in [0.2, 0.25) is 10.0 Å². The molecule has 0 saturated heterocycles. The predicted octanol–water partition coefficient (Wildman–Crippen LogP) is 4.95. The molecule has 2 rings (SSSR count). The number of halogens is 2. The summed E-state index contributed by atoms with van der Waals surface area (Å²) in [5, 5.41) is 4.41. The van der Waals surface area contributed by atoms with Gasteiger partial charge in [0.1, 0.15) is 5.75 Å². The van der Waals surface area contributed by atoms with Gasteiger partial charge in [-0.15, -0.1) is 0 Å². The molecule has 0 aromatic heterocycles. The van der Waals surface area contributed by atoms with Crippen molar-refractivity contribution in [1.29, 1.82) is 0 Å². The highest BCUT2D eigenvalue weighted by molar-refractivity contribution is 6.36. The highest BCUT2D eigenvalue weighted by atomic mass is 35.5.